The van der Waals surface area contributed by atoms with Crippen molar-refractivity contribution in [3.8, 4) is 11.5 Å². The van der Waals surface area contributed by atoms with Crippen molar-refractivity contribution in [2.24, 2.45) is 0 Å². The zero-order valence-electron chi connectivity index (χ0n) is 24.5. The zero-order valence-corrected chi connectivity index (χ0v) is 24.5. The van der Waals surface area contributed by atoms with Gasteiger partial charge in [0.2, 0.25) is 5.91 Å². The van der Waals surface area contributed by atoms with E-state index in [2.05, 4.69) is 43.0 Å². The van der Waals surface area contributed by atoms with E-state index in [1.807, 2.05) is 54.0 Å². The van der Waals surface area contributed by atoms with E-state index in [0.717, 1.165) is 35.5 Å². The van der Waals surface area contributed by atoms with Crippen LogP contribution >= 0.6 is 0 Å². The number of fused-ring (bicyclic) bond motifs is 4. The fraction of sp³-hybridized carbons (Fsp3) is 0.412. The number of aryl methyl sites for hydroxylation is 1. The summed E-state index contributed by atoms with van der Waals surface area (Å²) in [4.78, 5) is 34.6. The second kappa shape index (κ2) is 11.1. The van der Waals surface area contributed by atoms with E-state index in [1.165, 1.54) is 16.8 Å². The van der Waals surface area contributed by atoms with Crippen LogP contribution in [0.3, 0.4) is 0 Å². The van der Waals surface area contributed by atoms with E-state index >= 15 is 0 Å². The number of hydrogen-bond acceptors (Lipinski definition) is 5. The minimum absolute atomic E-state index is 0.00751. The smallest absolute Gasteiger partial charge is 0.254 e. The number of hydrogen-bond donors (Lipinski definition) is 0. The first-order chi connectivity index (χ1) is 19.9. The van der Waals surface area contributed by atoms with E-state index in [4.69, 9.17) is 9.47 Å². The lowest BCUT2D eigenvalue weighted by molar-refractivity contribution is -0.135. The van der Waals surface area contributed by atoms with Crippen molar-refractivity contribution in [3.63, 3.8) is 0 Å². The van der Waals surface area contributed by atoms with E-state index in [1.54, 1.807) is 0 Å². The highest BCUT2D eigenvalue weighted by atomic mass is 16.5. The van der Waals surface area contributed by atoms with Crippen LogP contribution in [0.5, 0.6) is 11.5 Å². The molecule has 0 bridgehead atoms. The first kappa shape index (κ1) is 27.2. The lowest BCUT2D eigenvalue weighted by Crippen LogP contribution is -2.54. The Balaban J connectivity index is 1.36. The molecule has 3 aromatic carbocycles. The number of rotatable bonds is 6. The average molecular weight is 554 g/mol. The van der Waals surface area contributed by atoms with Gasteiger partial charge in [0.15, 0.2) is 11.5 Å². The Morgan fingerprint density at radius 2 is 1.56 bits per heavy atom. The molecule has 0 radical (unpaired) electrons. The van der Waals surface area contributed by atoms with Gasteiger partial charge in [-0.05, 0) is 86.2 Å². The first-order valence-electron chi connectivity index (χ1n) is 14.8. The lowest BCUT2D eigenvalue weighted by Gasteiger charge is -2.47. The predicted molar refractivity (Wildman–Crippen MR) is 160 cm³/mol. The first-order valence-corrected chi connectivity index (χ1v) is 14.8. The molecule has 3 aromatic rings. The number of ether oxygens (including phenoxy) is 2. The summed E-state index contributed by atoms with van der Waals surface area (Å²) in [6.07, 6.45) is 0.710. The highest BCUT2D eigenvalue weighted by Gasteiger charge is 2.48. The molecule has 0 unspecified atom stereocenters. The summed E-state index contributed by atoms with van der Waals surface area (Å²) in [6, 6.07) is 17.8. The molecule has 1 fully saturated rings. The number of piperazine rings is 1. The Hall–Kier alpha value is -4.00. The molecule has 0 aliphatic carbocycles. The summed E-state index contributed by atoms with van der Waals surface area (Å²) in [5, 5.41) is 0. The van der Waals surface area contributed by atoms with Gasteiger partial charge >= 0.3 is 0 Å². The van der Waals surface area contributed by atoms with Crippen LogP contribution in [0.1, 0.15) is 64.0 Å². The standard InChI is InChI=1S/C34H39N3O4/c1-5-40-29-20-24-14-15-37-32(27(24)21-30(29)41-6-2)31(25-11-7-8-12-26(25)33(37)38)34(39)36-18-16-35(17-19-36)28-13-9-10-22(3)23(28)4/h7-13,20-21,31-32H,5-6,14-19H2,1-4H3/t31-,32+/m1/s1. The number of benzene rings is 3. The molecule has 0 aromatic heterocycles. The molecule has 3 aliphatic rings. The number of amides is 2. The Bertz CT molecular complexity index is 1480. The molecule has 41 heavy (non-hydrogen) atoms. The maximum Gasteiger partial charge on any atom is 0.254 e. The number of carbonyl (C=O) groups is 2. The van der Waals surface area contributed by atoms with Crippen LogP contribution in [-0.4, -0.2) is 67.6 Å². The van der Waals surface area contributed by atoms with Crippen LogP contribution in [0.15, 0.2) is 54.6 Å². The SMILES string of the molecule is CCOc1cc2c(cc1OCC)[C@H]1[C@H](C(=O)N3CCN(c4cccc(C)c4C)CC3)c3ccccc3C(=O)N1CC2. The Kier molecular flexibility index (Phi) is 7.37. The molecule has 2 amide bonds. The normalized spacial score (nSPS) is 19.8. The van der Waals surface area contributed by atoms with Gasteiger partial charge in [-0.3, -0.25) is 9.59 Å². The number of anilines is 1. The fourth-order valence-corrected chi connectivity index (χ4v) is 6.78. The number of carbonyl (C=O) groups excluding carboxylic acids is 2. The van der Waals surface area contributed by atoms with Crippen LogP contribution in [0.2, 0.25) is 0 Å². The molecule has 7 heteroatoms. The van der Waals surface area contributed by atoms with E-state index < -0.39 is 5.92 Å². The van der Waals surface area contributed by atoms with Gasteiger partial charge in [-0.2, -0.15) is 0 Å². The second-order valence-corrected chi connectivity index (χ2v) is 11.2. The summed E-state index contributed by atoms with van der Waals surface area (Å²) >= 11 is 0. The molecule has 3 aliphatic heterocycles. The Morgan fingerprint density at radius 3 is 2.29 bits per heavy atom. The summed E-state index contributed by atoms with van der Waals surface area (Å²) < 4.78 is 11.9. The van der Waals surface area contributed by atoms with Gasteiger partial charge in [0.1, 0.15) is 0 Å². The quantitative estimate of drug-likeness (QED) is 0.415. The van der Waals surface area contributed by atoms with Crippen molar-refractivity contribution in [1.29, 1.82) is 0 Å². The van der Waals surface area contributed by atoms with Crippen molar-refractivity contribution in [1.82, 2.24) is 9.80 Å². The third kappa shape index (κ3) is 4.71. The molecule has 2 atom stereocenters. The topological polar surface area (TPSA) is 62.3 Å². The third-order valence-electron chi connectivity index (χ3n) is 8.96. The molecule has 7 nitrogen and oxygen atoms in total. The van der Waals surface area contributed by atoms with Crippen LogP contribution in [0.4, 0.5) is 5.69 Å². The van der Waals surface area contributed by atoms with E-state index in [0.29, 0.717) is 50.6 Å². The van der Waals surface area contributed by atoms with Crippen molar-refractivity contribution in [2.45, 2.75) is 46.1 Å². The number of nitrogens with zero attached hydrogens (tertiary/aromatic N) is 3. The second-order valence-electron chi connectivity index (χ2n) is 11.2. The van der Waals surface area contributed by atoms with Crippen LogP contribution in [0.25, 0.3) is 0 Å². The minimum Gasteiger partial charge on any atom is -0.490 e. The summed E-state index contributed by atoms with van der Waals surface area (Å²) in [5.74, 6) is 0.971. The van der Waals surface area contributed by atoms with Gasteiger partial charge in [-0.15, -0.1) is 0 Å². The van der Waals surface area contributed by atoms with Crippen molar-refractivity contribution < 1.29 is 19.1 Å². The van der Waals surface area contributed by atoms with Gasteiger partial charge in [-0.25, -0.2) is 0 Å². The van der Waals surface area contributed by atoms with Gasteiger partial charge in [0.05, 0.1) is 25.2 Å². The summed E-state index contributed by atoms with van der Waals surface area (Å²) in [6.45, 7) is 12.7. The molecule has 214 valence electrons. The van der Waals surface area contributed by atoms with E-state index in [-0.39, 0.29) is 17.9 Å². The van der Waals surface area contributed by atoms with Gasteiger partial charge in [-0.1, -0.05) is 30.3 Å². The molecule has 6 rings (SSSR count). The maximum atomic E-state index is 14.5. The molecule has 0 saturated carbocycles. The third-order valence-corrected chi connectivity index (χ3v) is 8.96. The van der Waals surface area contributed by atoms with Crippen molar-refractivity contribution in [2.75, 3.05) is 50.8 Å². The van der Waals surface area contributed by atoms with Crippen LogP contribution in [0, 0.1) is 13.8 Å². The van der Waals surface area contributed by atoms with Crippen molar-refractivity contribution >= 4 is 17.5 Å². The monoisotopic (exact) mass is 553 g/mol. The predicted octanol–water partition coefficient (Wildman–Crippen LogP) is 5.29. The molecule has 1 saturated heterocycles. The highest BCUT2D eigenvalue weighted by Crippen LogP contribution is 2.49. The van der Waals surface area contributed by atoms with Gasteiger partial charge < -0.3 is 24.2 Å². The fourth-order valence-electron chi connectivity index (χ4n) is 6.78. The van der Waals surface area contributed by atoms with Crippen LogP contribution < -0.4 is 14.4 Å². The zero-order chi connectivity index (χ0) is 28.7. The Morgan fingerprint density at radius 1 is 0.854 bits per heavy atom. The largest absolute Gasteiger partial charge is 0.490 e. The average Bonchev–Trinajstić information content (AvgIpc) is 2.99. The maximum absolute atomic E-state index is 14.5. The molecular formula is C34H39N3O4. The summed E-state index contributed by atoms with van der Waals surface area (Å²) in [7, 11) is 0. The van der Waals surface area contributed by atoms with Gasteiger partial charge in [0, 0.05) is 44.0 Å². The molecule has 0 spiro atoms. The lowest BCUT2D eigenvalue weighted by atomic mass is 9.75. The minimum atomic E-state index is -0.484. The molecule has 3 heterocycles. The van der Waals surface area contributed by atoms with Crippen LogP contribution in [-0.2, 0) is 11.2 Å². The Labute approximate surface area is 242 Å². The molecular weight excluding hydrogens is 514 g/mol. The molecule has 0 N–H and O–H groups in total. The highest BCUT2D eigenvalue weighted by molar-refractivity contribution is 6.01. The summed E-state index contributed by atoms with van der Waals surface area (Å²) in [5.41, 5.74) is 7.36. The van der Waals surface area contributed by atoms with E-state index in [9.17, 15) is 9.59 Å². The van der Waals surface area contributed by atoms with Gasteiger partial charge in [0.25, 0.3) is 5.91 Å². The van der Waals surface area contributed by atoms with Crippen molar-refractivity contribution in [3.05, 3.63) is 88.0 Å².